The Morgan fingerprint density at radius 3 is 2.68 bits per heavy atom. The summed E-state index contributed by atoms with van der Waals surface area (Å²) in [5, 5.41) is 7.88. The van der Waals surface area contributed by atoms with Gasteiger partial charge >= 0.3 is 0 Å². The van der Waals surface area contributed by atoms with E-state index < -0.39 is 29.3 Å². The summed E-state index contributed by atoms with van der Waals surface area (Å²) < 4.78 is 5.34. The average molecular weight is 527 g/mol. The van der Waals surface area contributed by atoms with E-state index in [1.54, 1.807) is 42.5 Å². The molecule has 3 aliphatic rings. The third-order valence-electron chi connectivity index (χ3n) is 8.10. The zero-order chi connectivity index (χ0) is 26.2. The molecule has 2 saturated heterocycles. The van der Waals surface area contributed by atoms with Gasteiger partial charge in [0.25, 0.3) is 0 Å². The summed E-state index contributed by atoms with van der Waals surface area (Å²) in [4.78, 5) is 46.5. The number of methoxy groups -OCH3 is 1. The lowest BCUT2D eigenvalue weighted by Gasteiger charge is -2.29. The van der Waals surface area contributed by atoms with E-state index in [0.717, 1.165) is 16.5 Å². The SMILES string of the molecule is COc1cccc(N2C(=O)[C@@H]3[C@@H](C2=O)[C@@]2(N[C@@H]3Cc3c[nH]c4ccccc34)C(=O)Nc3ccc(Cl)cc32)c1. The first-order chi connectivity index (χ1) is 18.4. The quantitative estimate of drug-likeness (QED) is 0.349. The highest BCUT2D eigenvalue weighted by atomic mass is 35.5. The number of benzene rings is 3. The summed E-state index contributed by atoms with van der Waals surface area (Å²) in [7, 11) is 1.53. The van der Waals surface area contributed by atoms with Gasteiger partial charge in [-0.1, -0.05) is 35.9 Å². The van der Waals surface area contributed by atoms with Gasteiger partial charge in [-0.25, -0.2) is 4.90 Å². The molecule has 1 aromatic heterocycles. The molecule has 3 amide bonds. The number of nitrogens with zero attached hydrogens (tertiary/aromatic N) is 1. The molecule has 0 radical (unpaired) electrons. The number of carbonyl (C=O) groups is 3. The molecule has 3 aliphatic heterocycles. The summed E-state index contributed by atoms with van der Waals surface area (Å²) in [5.41, 5.74) is 2.13. The normalized spacial score (nSPS) is 25.8. The number of aromatic nitrogens is 1. The van der Waals surface area contributed by atoms with Gasteiger partial charge in [-0.2, -0.15) is 0 Å². The monoisotopic (exact) mass is 526 g/mol. The first-order valence-corrected chi connectivity index (χ1v) is 12.8. The fraction of sp³-hybridized carbons (Fsp3) is 0.207. The molecular weight excluding hydrogens is 504 g/mol. The fourth-order valence-corrected chi connectivity index (χ4v) is 6.66. The van der Waals surface area contributed by atoms with Gasteiger partial charge in [0.2, 0.25) is 17.7 Å². The third kappa shape index (κ3) is 3.04. The van der Waals surface area contributed by atoms with Crippen molar-refractivity contribution < 1.29 is 19.1 Å². The first kappa shape index (κ1) is 23.0. The van der Waals surface area contributed by atoms with Gasteiger partial charge in [0.15, 0.2) is 0 Å². The van der Waals surface area contributed by atoms with Crippen molar-refractivity contribution in [1.29, 1.82) is 0 Å². The topological polar surface area (TPSA) is 104 Å². The van der Waals surface area contributed by atoms with E-state index >= 15 is 0 Å². The number of ether oxygens (including phenoxy) is 1. The number of anilines is 2. The van der Waals surface area contributed by atoms with E-state index in [1.807, 2.05) is 30.5 Å². The number of carbonyl (C=O) groups excluding carboxylic acids is 3. The van der Waals surface area contributed by atoms with Crippen LogP contribution in [0.15, 0.2) is 72.9 Å². The molecular formula is C29H23ClN4O4. The lowest BCUT2D eigenvalue weighted by atomic mass is 9.76. The smallest absolute Gasteiger partial charge is 0.250 e. The number of nitrogens with one attached hydrogen (secondary N) is 3. The van der Waals surface area contributed by atoms with Crippen molar-refractivity contribution in [1.82, 2.24) is 10.3 Å². The molecule has 7 rings (SSSR count). The van der Waals surface area contributed by atoms with Crippen LogP contribution in [0.4, 0.5) is 11.4 Å². The van der Waals surface area contributed by atoms with Crippen LogP contribution < -0.4 is 20.3 Å². The Morgan fingerprint density at radius 1 is 1.00 bits per heavy atom. The molecule has 38 heavy (non-hydrogen) atoms. The van der Waals surface area contributed by atoms with E-state index in [-0.39, 0.29) is 11.8 Å². The van der Waals surface area contributed by atoms with Crippen LogP contribution in [0.2, 0.25) is 5.02 Å². The third-order valence-corrected chi connectivity index (χ3v) is 8.34. The number of fused-ring (bicyclic) bond motifs is 5. The van der Waals surface area contributed by atoms with E-state index in [2.05, 4.69) is 15.6 Å². The largest absolute Gasteiger partial charge is 0.497 e. The maximum Gasteiger partial charge on any atom is 0.250 e. The Bertz CT molecular complexity index is 1670. The Hall–Kier alpha value is -4.14. The Kier molecular flexibility index (Phi) is 4.95. The van der Waals surface area contributed by atoms with Crippen molar-refractivity contribution in [3.63, 3.8) is 0 Å². The second-order valence-electron chi connectivity index (χ2n) is 9.98. The van der Waals surface area contributed by atoms with Gasteiger partial charge in [-0.15, -0.1) is 0 Å². The molecule has 0 bridgehead atoms. The van der Waals surface area contributed by atoms with Gasteiger partial charge < -0.3 is 15.0 Å². The Labute approximate surface area is 222 Å². The zero-order valence-corrected chi connectivity index (χ0v) is 21.1. The van der Waals surface area contributed by atoms with Crippen LogP contribution in [-0.4, -0.2) is 35.9 Å². The van der Waals surface area contributed by atoms with Crippen LogP contribution in [0.5, 0.6) is 5.75 Å². The maximum absolute atomic E-state index is 14.2. The summed E-state index contributed by atoms with van der Waals surface area (Å²) in [6, 6.07) is 19.4. The second-order valence-corrected chi connectivity index (χ2v) is 10.4. The minimum Gasteiger partial charge on any atom is -0.497 e. The van der Waals surface area contributed by atoms with Crippen LogP contribution in [-0.2, 0) is 26.3 Å². The van der Waals surface area contributed by atoms with E-state index in [1.165, 1.54) is 12.0 Å². The van der Waals surface area contributed by atoms with Crippen molar-refractivity contribution in [3.05, 3.63) is 89.1 Å². The first-order valence-electron chi connectivity index (χ1n) is 12.4. The predicted octanol–water partition coefficient (Wildman–Crippen LogP) is 4.00. The Morgan fingerprint density at radius 2 is 1.84 bits per heavy atom. The van der Waals surface area contributed by atoms with Crippen molar-refractivity contribution in [2.75, 3.05) is 17.3 Å². The number of amides is 3. The van der Waals surface area contributed by atoms with Crippen molar-refractivity contribution >= 4 is 51.6 Å². The predicted molar refractivity (Wildman–Crippen MR) is 143 cm³/mol. The maximum atomic E-state index is 14.2. The van der Waals surface area contributed by atoms with Crippen LogP contribution in [0.25, 0.3) is 10.9 Å². The minimum absolute atomic E-state index is 0.342. The number of imide groups is 1. The van der Waals surface area contributed by atoms with Crippen molar-refractivity contribution in [2.24, 2.45) is 11.8 Å². The molecule has 0 aliphatic carbocycles. The van der Waals surface area contributed by atoms with Gasteiger partial charge in [0.05, 0.1) is 24.6 Å². The molecule has 4 atom stereocenters. The number of rotatable bonds is 4. The van der Waals surface area contributed by atoms with Gasteiger partial charge in [-0.05, 0) is 48.4 Å². The van der Waals surface area contributed by atoms with E-state index in [4.69, 9.17) is 16.3 Å². The van der Waals surface area contributed by atoms with Crippen LogP contribution in [0, 0.1) is 11.8 Å². The Balaban J connectivity index is 1.38. The molecule has 8 nitrogen and oxygen atoms in total. The number of hydrogen-bond acceptors (Lipinski definition) is 5. The molecule has 190 valence electrons. The van der Waals surface area contributed by atoms with Crippen LogP contribution in [0.1, 0.15) is 11.1 Å². The zero-order valence-electron chi connectivity index (χ0n) is 20.3. The summed E-state index contributed by atoms with van der Waals surface area (Å²) in [6.07, 6.45) is 2.37. The van der Waals surface area contributed by atoms with Crippen molar-refractivity contribution in [3.8, 4) is 5.75 Å². The minimum atomic E-state index is -1.43. The summed E-state index contributed by atoms with van der Waals surface area (Å²) in [5.74, 6) is -2.32. The molecule has 0 saturated carbocycles. The van der Waals surface area contributed by atoms with E-state index in [0.29, 0.717) is 34.1 Å². The molecule has 2 fully saturated rings. The average Bonchev–Trinajstić information content (AvgIpc) is 3.63. The molecule has 3 aromatic carbocycles. The molecule has 3 N–H and O–H groups in total. The number of aromatic amines is 1. The van der Waals surface area contributed by atoms with Crippen molar-refractivity contribution in [2.45, 2.75) is 18.0 Å². The van der Waals surface area contributed by atoms with Gasteiger partial charge in [-0.3, -0.25) is 19.7 Å². The van der Waals surface area contributed by atoms with Crippen LogP contribution in [0.3, 0.4) is 0 Å². The van der Waals surface area contributed by atoms with Crippen LogP contribution >= 0.6 is 11.6 Å². The highest BCUT2D eigenvalue weighted by Gasteiger charge is 2.70. The number of H-pyrrole nitrogens is 1. The molecule has 4 heterocycles. The molecule has 1 spiro atoms. The number of halogens is 1. The molecule has 4 aromatic rings. The molecule has 0 unspecified atom stereocenters. The highest BCUT2D eigenvalue weighted by molar-refractivity contribution is 6.31. The van der Waals surface area contributed by atoms with Gasteiger partial charge in [0.1, 0.15) is 11.3 Å². The number of para-hydroxylation sites is 1. The molecule has 9 heteroatoms. The number of hydrogen-bond donors (Lipinski definition) is 3. The summed E-state index contributed by atoms with van der Waals surface area (Å²) in [6.45, 7) is 0. The summed E-state index contributed by atoms with van der Waals surface area (Å²) >= 11 is 6.37. The standard InChI is InChI=1S/C29H23ClN4O4/c1-38-18-6-4-5-17(13-18)34-26(35)24-23(11-15-14-31-21-8-3-2-7-19(15)21)33-29(25(24)27(34)36)20-12-16(30)9-10-22(20)32-28(29)37/h2-10,12-14,23-25,31,33H,11H2,1H3,(H,32,37)/t23-,24+,25+,29-/m1/s1. The lowest BCUT2D eigenvalue weighted by molar-refractivity contribution is -0.130. The van der Waals surface area contributed by atoms with Gasteiger partial charge in [0, 0.05) is 45.5 Å². The lowest BCUT2D eigenvalue weighted by Crippen LogP contribution is -2.53. The van der Waals surface area contributed by atoms with E-state index in [9.17, 15) is 14.4 Å². The fourth-order valence-electron chi connectivity index (χ4n) is 6.49. The highest BCUT2D eigenvalue weighted by Crippen LogP contribution is 2.54. The second kappa shape index (κ2) is 8.18.